The smallest absolute Gasteiger partial charge is 0.258 e. The molecule has 1 aromatic heterocycles. The van der Waals surface area contributed by atoms with E-state index < -0.39 is 0 Å². The van der Waals surface area contributed by atoms with Crippen molar-refractivity contribution in [3.8, 4) is 22.8 Å². The van der Waals surface area contributed by atoms with Gasteiger partial charge < -0.3 is 9.84 Å². The maximum Gasteiger partial charge on any atom is 0.258 e. The van der Waals surface area contributed by atoms with Gasteiger partial charge in [0.15, 0.2) is 0 Å². The standard InChI is InChI=1S/C20H21N3O2/c1-3-4-9-18(24)21-16-12-10-15(11-13-16)20-22-19(23-25-20)17-8-6-5-7-14(17)2/h5-8,10-13H,3-4,9H2,1-2H3,(H,21,24). The monoisotopic (exact) mass is 335 g/mol. The zero-order valence-corrected chi connectivity index (χ0v) is 14.5. The third-order valence-electron chi connectivity index (χ3n) is 3.98. The number of nitrogens with zero attached hydrogens (tertiary/aromatic N) is 2. The molecule has 0 saturated carbocycles. The van der Waals surface area contributed by atoms with E-state index in [2.05, 4.69) is 22.4 Å². The molecule has 0 aliphatic carbocycles. The van der Waals surface area contributed by atoms with Gasteiger partial charge in [-0.3, -0.25) is 4.79 Å². The zero-order valence-electron chi connectivity index (χ0n) is 14.5. The van der Waals surface area contributed by atoms with Gasteiger partial charge in [-0.25, -0.2) is 0 Å². The highest BCUT2D eigenvalue weighted by molar-refractivity contribution is 5.90. The molecule has 5 nitrogen and oxygen atoms in total. The van der Waals surface area contributed by atoms with Crippen molar-refractivity contribution in [1.29, 1.82) is 0 Å². The van der Waals surface area contributed by atoms with Crippen molar-refractivity contribution in [3.05, 3.63) is 54.1 Å². The SMILES string of the molecule is CCCCC(=O)Nc1ccc(-c2nc(-c3ccccc3C)no2)cc1. The number of unbranched alkanes of at least 4 members (excludes halogenated alkanes) is 1. The molecule has 25 heavy (non-hydrogen) atoms. The van der Waals surface area contributed by atoms with Crippen LogP contribution in [0.2, 0.25) is 0 Å². The van der Waals surface area contributed by atoms with Crippen LogP contribution in [0.5, 0.6) is 0 Å². The number of aryl methyl sites for hydroxylation is 1. The first-order chi connectivity index (χ1) is 12.2. The van der Waals surface area contributed by atoms with Gasteiger partial charge in [0, 0.05) is 23.2 Å². The van der Waals surface area contributed by atoms with Crippen molar-refractivity contribution in [1.82, 2.24) is 10.1 Å². The van der Waals surface area contributed by atoms with Gasteiger partial charge in [0.25, 0.3) is 5.89 Å². The molecule has 1 N–H and O–H groups in total. The van der Waals surface area contributed by atoms with Crippen molar-refractivity contribution in [2.45, 2.75) is 33.1 Å². The van der Waals surface area contributed by atoms with E-state index in [0.717, 1.165) is 35.2 Å². The summed E-state index contributed by atoms with van der Waals surface area (Å²) in [4.78, 5) is 16.2. The Kier molecular flexibility index (Phi) is 5.23. The molecule has 0 bridgehead atoms. The molecular formula is C20H21N3O2. The molecule has 0 unspecified atom stereocenters. The predicted molar refractivity (Wildman–Crippen MR) is 98.1 cm³/mol. The second kappa shape index (κ2) is 7.75. The number of anilines is 1. The van der Waals surface area contributed by atoms with E-state index in [1.807, 2.05) is 55.5 Å². The third-order valence-corrected chi connectivity index (χ3v) is 3.98. The van der Waals surface area contributed by atoms with E-state index in [1.165, 1.54) is 0 Å². The lowest BCUT2D eigenvalue weighted by atomic mass is 10.1. The number of nitrogens with one attached hydrogen (secondary N) is 1. The van der Waals surface area contributed by atoms with Crippen LogP contribution in [-0.2, 0) is 4.79 Å². The summed E-state index contributed by atoms with van der Waals surface area (Å²) >= 11 is 0. The fraction of sp³-hybridized carbons (Fsp3) is 0.250. The second-order valence-electron chi connectivity index (χ2n) is 5.97. The number of carbonyl (C=O) groups excluding carboxylic acids is 1. The van der Waals surface area contributed by atoms with Crippen molar-refractivity contribution in [2.24, 2.45) is 0 Å². The Balaban J connectivity index is 1.73. The minimum absolute atomic E-state index is 0.0363. The fourth-order valence-electron chi connectivity index (χ4n) is 2.53. The van der Waals surface area contributed by atoms with Gasteiger partial charge in [0.1, 0.15) is 0 Å². The summed E-state index contributed by atoms with van der Waals surface area (Å²) in [5, 5.41) is 6.96. The van der Waals surface area contributed by atoms with Gasteiger partial charge in [-0.15, -0.1) is 0 Å². The first-order valence-electron chi connectivity index (χ1n) is 8.47. The predicted octanol–water partition coefficient (Wildman–Crippen LogP) is 4.84. The average Bonchev–Trinajstić information content (AvgIpc) is 3.11. The first kappa shape index (κ1) is 16.9. The van der Waals surface area contributed by atoms with Gasteiger partial charge in [0.2, 0.25) is 11.7 Å². The highest BCUT2D eigenvalue weighted by Gasteiger charge is 2.12. The molecule has 2 aromatic carbocycles. The maximum atomic E-state index is 11.8. The fourth-order valence-corrected chi connectivity index (χ4v) is 2.53. The molecule has 0 saturated heterocycles. The molecule has 0 spiro atoms. The number of benzene rings is 2. The second-order valence-corrected chi connectivity index (χ2v) is 5.97. The molecule has 3 aromatic rings. The molecule has 3 rings (SSSR count). The van der Waals surface area contributed by atoms with Crippen molar-refractivity contribution >= 4 is 11.6 Å². The molecule has 1 heterocycles. The summed E-state index contributed by atoms with van der Waals surface area (Å²) in [5.41, 5.74) is 3.64. The van der Waals surface area contributed by atoms with Crippen LogP contribution in [0.4, 0.5) is 5.69 Å². The lowest BCUT2D eigenvalue weighted by Gasteiger charge is -2.04. The van der Waals surface area contributed by atoms with E-state index in [1.54, 1.807) is 0 Å². The zero-order chi connectivity index (χ0) is 17.6. The Labute approximate surface area is 147 Å². The lowest BCUT2D eigenvalue weighted by Crippen LogP contribution is -2.10. The molecule has 128 valence electrons. The van der Waals surface area contributed by atoms with E-state index in [-0.39, 0.29) is 5.91 Å². The minimum atomic E-state index is 0.0363. The highest BCUT2D eigenvalue weighted by atomic mass is 16.5. The van der Waals surface area contributed by atoms with E-state index in [0.29, 0.717) is 18.1 Å². The van der Waals surface area contributed by atoms with Gasteiger partial charge in [-0.1, -0.05) is 42.8 Å². The Morgan fingerprint density at radius 3 is 2.60 bits per heavy atom. The third kappa shape index (κ3) is 4.12. The number of rotatable bonds is 6. The Bertz CT molecular complexity index is 853. The number of carbonyl (C=O) groups is 1. The van der Waals surface area contributed by atoms with Crippen molar-refractivity contribution in [3.63, 3.8) is 0 Å². The number of hydrogen-bond acceptors (Lipinski definition) is 4. The lowest BCUT2D eigenvalue weighted by molar-refractivity contribution is -0.116. The van der Waals surface area contributed by atoms with Crippen LogP contribution >= 0.6 is 0 Å². The molecular weight excluding hydrogens is 314 g/mol. The van der Waals surface area contributed by atoms with Crippen LogP contribution < -0.4 is 5.32 Å². The minimum Gasteiger partial charge on any atom is -0.334 e. The Morgan fingerprint density at radius 2 is 1.88 bits per heavy atom. The van der Waals surface area contributed by atoms with Crippen LogP contribution in [0.15, 0.2) is 53.1 Å². The summed E-state index contributed by atoms with van der Waals surface area (Å²) in [6.45, 7) is 4.08. The Morgan fingerprint density at radius 1 is 1.12 bits per heavy atom. The summed E-state index contributed by atoms with van der Waals surface area (Å²) in [6, 6.07) is 15.3. The van der Waals surface area contributed by atoms with Crippen LogP contribution in [0, 0.1) is 6.92 Å². The van der Waals surface area contributed by atoms with E-state index in [4.69, 9.17) is 4.52 Å². The summed E-state index contributed by atoms with van der Waals surface area (Å²) in [7, 11) is 0. The van der Waals surface area contributed by atoms with E-state index in [9.17, 15) is 4.79 Å². The molecule has 0 atom stereocenters. The molecule has 0 fully saturated rings. The summed E-state index contributed by atoms with van der Waals surface area (Å²) in [6.07, 6.45) is 2.45. The Hall–Kier alpha value is -2.95. The quantitative estimate of drug-likeness (QED) is 0.700. The normalized spacial score (nSPS) is 10.6. The van der Waals surface area contributed by atoms with Crippen molar-refractivity contribution in [2.75, 3.05) is 5.32 Å². The molecule has 0 aliphatic rings. The number of amides is 1. The summed E-state index contributed by atoms with van der Waals surface area (Å²) in [5.74, 6) is 1.07. The van der Waals surface area contributed by atoms with E-state index >= 15 is 0 Å². The molecule has 0 aliphatic heterocycles. The average molecular weight is 335 g/mol. The number of hydrogen-bond donors (Lipinski definition) is 1. The number of aromatic nitrogens is 2. The first-order valence-corrected chi connectivity index (χ1v) is 8.47. The topological polar surface area (TPSA) is 68.0 Å². The summed E-state index contributed by atoms with van der Waals surface area (Å²) < 4.78 is 5.39. The van der Waals surface area contributed by atoms with Gasteiger partial charge in [-0.2, -0.15) is 4.98 Å². The molecule has 0 radical (unpaired) electrons. The van der Waals surface area contributed by atoms with Gasteiger partial charge in [-0.05, 0) is 43.2 Å². The largest absolute Gasteiger partial charge is 0.334 e. The van der Waals surface area contributed by atoms with Crippen LogP contribution in [0.3, 0.4) is 0 Å². The van der Waals surface area contributed by atoms with Crippen LogP contribution in [-0.4, -0.2) is 16.0 Å². The maximum absolute atomic E-state index is 11.8. The van der Waals surface area contributed by atoms with Crippen LogP contribution in [0.1, 0.15) is 31.7 Å². The van der Waals surface area contributed by atoms with Crippen LogP contribution in [0.25, 0.3) is 22.8 Å². The van der Waals surface area contributed by atoms with Gasteiger partial charge >= 0.3 is 0 Å². The van der Waals surface area contributed by atoms with Gasteiger partial charge in [0.05, 0.1) is 0 Å². The van der Waals surface area contributed by atoms with Crippen molar-refractivity contribution < 1.29 is 9.32 Å². The molecule has 5 heteroatoms. The molecule has 1 amide bonds. The highest BCUT2D eigenvalue weighted by Crippen LogP contribution is 2.25.